The van der Waals surface area contributed by atoms with Crippen molar-refractivity contribution in [2.75, 3.05) is 7.11 Å². The third-order valence-corrected chi connectivity index (χ3v) is 5.44. The number of pyridine rings is 1. The van der Waals surface area contributed by atoms with Crippen LogP contribution in [0, 0.1) is 25.2 Å². The van der Waals surface area contributed by atoms with E-state index in [9.17, 15) is 19.6 Å². The van der Waals surface area contributed by atoms with Gasteiger partial charge >= 0.3 is 5.97 Å². The number of aromatic amines is 2. The van der Waals surface area contributed by atoms with Gasteiger partial charge in [0, 0.05) is 35.6 Å². The summed E-state index contributed by atoms with van der Waals surface area (Å²) in [5, 5.41) is 12.9. The molecule has 3 N–H and O–H groups in total. The molecular weight excluding hydrogens is 396 g/mol. The number of hydrogen-bond donors (Lipinski definition) is 3. The van der Waals surface area contributed by atoms with E-state index in [0.29, 0.717) is 17.7 Å². The molecule has 1 atom stereocenters. The topological polar surface area (TPSA) is 128 Å². The molecule has 0 aliphatic carbocycles. The number of carbonyl (C=O) groups excluding carboxylic acids is 2. The monoisotopic (exact) mass is 420 g/mol. The minimum Gasteiger partial charge on any atom is -0.467 e. The first-order valence-corrected chi connectivity index (χ1v) is 9.90. The number of hydrogen-bond acceptors (Lipinski definition) is 5. The molecule has 0 spiro atoms. The maximum absolute atomic E-state index is 12.6. The number of fused-ring (bicyclic) bond motifs is 1. The van der Waals surface area contributed by atoms with E-state index >= 15 is 0 Å². The number of para-hydroxylation sites is 1. The third kappa shape index (κ3) is 4.67. The Morgan fingerprint density at radius 3 is 2.71 bits per heavy atom. The molecule has 2 heterocycles. The summed E-state index contributed by atoms with van der Waals surface area (Å²) in [5.74, 6) is -0.847. The first-order chi connectivity index (χ1) is 14.8. The first-order valence-electron chi connectivity index (χ1n) is 9.90. The van der Waals surface area contributed by atoms with Crippen molar-refractivity contribution < 1.29 is 14.3 Å². The summed E-state index contributed by atoms with van der Waals surface area (Å²) < 4.78 is 4.88. The van der Waals surface area contributed by atoms with Crippen molar-refractivity contribution >= 4 is 22.8 Å². The number of amides is 1. The second kappa shape index (κ2) is 9.30. The van der Waals surface area contributed by atoms with Crippen molar-refractivity contribution in [2.24, 2.45) is 0 Å². The molecule has 3 rings (SSSR count). The molecule has 0 bridgehead atoms. The molecule has 3 aromatic rings. The van der Waals surface area contributed by atoms with E-state index in [-0.39, 0.29) is 24.3 Å². The fraction of sp³-hybridized carbons (Fsp3) is 0.304. The zero-order valence-corrected chi connectivity index (χ0v) is 17.7. The number of aryl methyl sites for hydroxylation is 1. The van der Waals surface area contributed by atoms with Gasteiger partial charge in [0.2, 0.25) is 5.91 Å². The minimum atomic E-state index is -0.829. The quantitative estimate of drug-likeness (QED) is 0.505. The molecule has 0 saturated heterocycles. The number of carbonyl (C=O) groups is 2. The number of methoxy groups -OCH3 is 1. The summed E-state index contributed by atoms with van der Waals surface area (Å²) in [6, 6.07) is 8.79. The molecule has 0 aliphatic heterocycles. The molecule has 2 aromatic heterocycles. The Hall–Kier alpha value is -3.86. The van der Waals surface area contributed by atoms with Gasteiger partial charge in [-0.3, -0.25) is 9.59 Å². The smallest absolute Gasteiger partial charge is 0.328 e. The predicted octanol–water partition coefficient (Wildman–Crippen LogP) is 2.18. The van der Waals surface area contributed by atoms with Crippen LogP contribution in [0.15, 0.2) is 35.3 Å². The fourth-order valence-electron chi connectivity index (χ4n) is 3.78. The average molecular weight is 420 g/mol. The second-order valence-corrected chi connectivity index (χ2v) is 7.38. The van der Waals surface area contributed by atoms with Crippen LogP contribution >= 0.6 is 0 Å². The summed E-state index contributed by atoms with van der Waals surface area (Å²) in [6.07, 6.45) is 2.54. The number of aromatic nitrogens is 2. The maximum Gasteiger partial charge on any atom is 0.328 e. The standard InChI is InChI=1S/C23H24N4O4/c1-13-16(14(2)26-22(29)18(13)11-24)8-9-21(28)27-20(23(30)31-3)10-15-12-25-19-7-5-4-6-17(15)19/h4-7,12,20,25H,8-10H2,1-3H3,(H,26,29)(H,27,28)/t20-/m1/s1. The Bertz CT molecular complexity index is 1230. The van der Waals surface area contributed by atoms with Gasteiger partial charge in [-0.15, -0.1) is 0 Å². The number of benzene rings is 1. The molecule has 8 nitrogen and oxygen atoms in total. The van der Waals surface area contributed by atoms with E-state index in [0.717, 1.165) is 22.0 Å². The number of nitrogens with one attached hydrogen (secondary N) is 3. The molecular formula is C23H24N4O4. The lowest BCUT2D eigenvalue weighted by atomic mass is 9.98. The highest BCUT2D eigenvalue weighted by Crippen LogP contribution is 2.20. The number of nitrogens with zero attached hydrogens (tertiary/aromatic N) is 1. The van der Waals surface area contributed by atoms with Crippen LogP contribution in [0.5, 0.6) is 0 Å². The van der Waals surface area contributed by atoms with Crippen LogP contribution in [-0.4, -0.2) is 35.0 Å². The highest BCUT2D eigenvalue weighted by molar-refractivity contribution is 5.87. The van der Waals surface area contributed by atoms with Crippen LogP contribution in [-0.2, 0) is 27.2 Å². The highest BCUT2D eigenvalue weighted by atomic mass is 16.5. The van der Waals surface area contributed by atoms with Gasteiger partial charge in [0.05, 0.1) is 7.11 Å². The van der Waals surface area contributed by atoms with E-state index in [4.69, 9.17) is 4.74 Å². The van der Waals surface area contributed by atoms with Crippen molar-refractivity contribution in [1.82, 2.24) is 15.3 Å². The van der Waals surface area contributed by atoms with Gasteiger partial charge in [-0.2, -0.15) is 5.26 Å². The number of esters is 1. The summed E-state index contributed by atoms with van der Waals surface area (Å²) in [5.41, 5.74) is 3.40. The third-order valence-electron chi connectivity index (χ3n) is 5.44. The SMILES string of the molecule is COC(=O)[C@@H](Cc1c[nH]c2ccccc12)NC(=O)CCc1c(C)[nH]c(=O)c(C#N)c1C. The Morgan fingerprint density at radius 1 is 1.26 bits per heavy atom. The van der Waals surface area contributed by atoms with Gasteiger partial charge in [-0.25, -0.2) is 4.79 Å². The van der Waals surface area contributed by atoms with Crippen LogP contribution in [0.4, 0.5) is 0 Å². The molecule has 0 radical (unpaired) electrons. The normalized spacial score (nSPS) is 11.7. The van der Waals surface area contributed by atoms with Crippen molar-refractivity contribution in [1.29, 1.82) is 5.26 Å². The Kier molecular flexibility index (Phi) is 6.55. The van der Waals surface area contributed by atoms with Crippen LogP contribution in [0.3, 0.4) is 0 Å². The van der Waals surface area contributed by atoms with Gasteiger partial charge in [0.15, 0.2) is 0 Å². The molecule has 1 aromatic carbocycles. The summed E-state index contributed by atoms with van der Waals surface area (Å²) in [4.78, 5) is 42.6. The lowest BCUT2D eigenvalue weighted by Gasteiger charge is -2.17. The Morgan fingerprint density at radius 2 is 2.00 bits per heavy atom. The average Bonchev–Trinajstić information content (AvgIpc) is 3.15. The van der Waals surface area contributed by atoms with Gasteiger partial charge in [-0.1, -0.05) is 18.2 Å². The summed E-state index contributed by atoms with van der Waals surface area (Å²) in [6.45, 7) is 3.43. The van der Waals surface area contributed by atoms with Gasteiger partial charge in [-0.05, 0) is 43.0 Å². The molecule has 1 amide bonds. The maximum atomic E-state index is 12.6. The Labute approximate surface area is 179 Å². The van der Waals surface area contributed by atoms with Crippen molar-refractivity contribution in [3.63, 3.8) is 0 Å². The number of H-pyrrole nitrogens is 2. The fourth-order valence-corrected chi connectivity index (χ4v) is 3.78. The summed E-state index contributed by atoms with van der Waals surface area (Å²) >= 11 is 0. The van der Waals surface area contributed by atoms with Crippen LogP contribution in [0.2, 0.25) is 0 Å². The minimum absolute atomic E-state index is 0.0489. The molecule has 0 fully saturated rings. The van der Waals surface area contributed by atoms with Crippen LogP contribution in [0.25, 0.3) is 10.9 Å². The second-order valence-electron chi connectivity index (χ2n) is 7.38. The molecule has 0 unspecified atom stereocenters. The lowest BCUT2D eigenvalue weighted by molar-refractivity contribution is -0.145. The van der Waals surface area contributed by atoms with Crippen LogP contribution in [0.1, 0.15) is 34.4 Å². The van der Waals surface area contributed by atoms with E-state index in [1.165, 1.54) is 7.11 Å². The van der Waals surface area contributed by atoms with E-state index in [1.807, 2.05) is 36.5 Å². The van der Waals surface area contributed by atoms with Crippen LogP contribution < -0.4 is 10.9 Å². The molecule has 0 saturated carbocycles. The largest absolute Gasteiger partial charge is 0.467 e. The zero-order chi connectivity index (χ0) is 22.5. The molecule has 0 aliphatic rings. The van der Waals surface area contributed by atoms with Gasteiger partial charge in [0.25, 0.3) is 5.56 Å². The first kappa shape index (κ1) is 21.8. The van der Waals surface area contributed by atoms with E-state index in [2.05, 4.69) is 15.3 Å². The Balaban J connectivity index is 1.73. The van der Waals surface area contributed by atoms with Gasteiger partial charge < -0.3 is 20.0 Å². The summed E-state index contributed by atoms with van der Waals surface area (Å²) in [7, 11) is 1.28. The number of rotatable bonds is 7. The van der Waals surface area contributed by atoms with Gasteiger partial charge in [0.1, 0.15) is 17.7 Å². The van der Waals surface area contributed by atoms with E-state index in [1.54, 1.807) is 13.8 Å². The van der Waals surface area contributed by atoms with Crippen molar-refractivity contribution in [3.8, 4) is 6.07 Å². The molecule has 8 heteroatoms. The predicted molar refractivity (Wildman–Crippen MR) is 116 cm³/mol. The van der Waals surface area contributed by atoms with Crippen molar-refractivity contribution in [2.45, 2.75) is 39.2 Å². The lowest BCUT2D eigenvalue weighted by Crippen LogP contribution is -2.43. The number of nitriles is 1. The zero-order valence-electron chi connectivity index (χ0n) is 17.7. The van der Waals surface area contributed by atoms with E-state index < -0.39 is 17.6 Å². The molecule has 160 valence electrons. The number of ether oxygens (including phenoxy) is 1. The highest BCUT2D eigenvalue weighted by Gasteiger charge is 2.23. The molecule has 31 heavy (non-hydrogen) atoms. The van der Waals surface area contributed by atoms with Crippen molar-refractivity contribution in [3.05, 3.63) is 68.8 Å².